The van der Waals surface area contributed by atoms with E-state index in [9.17, 15) is 14.0 Å². The van der Waals surface area contributed by atoms with Gasteiger partial charge in [0.2, 0.25) is 0 Å². The van der Waals surface area contributed by atoms with Gasteiger partial charge in [0.05, 0.1) is 24.8 Å². The van der Waals surface area contributed by atoms with Gasteiger partial charge in [-0.1, -0.05) is 12.1 Å². The van der Waals surface area contributed by atoms with Gasteiger partial charge in [0.15, 0.2) is 0 Å². The zero-order valence-corrected chi connectivity index (χ0v) is 12.6. The molecule has 2 amide bonds. The van der Waals surface area contributed by atoms with Crippen LogP contribution in [0, 0.1) is 5.82 Å². The summed E-state index contributed by atoms with van der Waals surface area (Å²) in [5, 5.41) is -0.273. The van der Waals surface area contributed by atoms with E-state index in [2.05, 4.69) is 0 Å². The number of hydrogen-bond acceptors (Lipinski definition) is 5. The summed E-state index contributed by atoms with van der Waals surface area (Å²) in [6.45, 7) is 2.93. The fourth-order valence-electron chi connectivity index (χ4n) is 2.27. The van der Waals surface area contributed by atoms with Crippen LogP contribution in [0.1, 0.15) is 5.56 Å². The minimum Gasteiger partial charge on any atom is -0.379 e. The van der Waals surface area contributed by atoms with E-state index in [4.69, 9.17) is 4.74 Å². The van der Waals surface area contributed by atoms with Crippen molar-refractivity contribution >= 4 is 29.0 Å². The van der Waals surface area contributed by atoms with E-state index in [0.29, 0.717) is 36.8 Å². The predicted octanol–water partition coefficient (Wildman–Crippen LogP) is 2.15. The molecule has 0 atom stereocenters. The predicted molar refractivity (Wildman–Crippen MR) is 81.5 cm³/mol. The van der Waals surface area contributed by atoms with Gasteiger partial charge in [0, 0.05) is 13.1 Å². The molecular formula is C15H15FN2O3S. The van der Waals surface area contributed by atoms with Crippen molar-refractivity contribution in [1.82, 2.24) is 9.80 Å². The Hall–Kier alpha value is -1.70. The van der Waals surface area contributed by atoms with E-state index >= 15 is 0 Å². The SMILES string of the molecule is O=C1S/C(=C/c2ccc(F)cc2)C(=O)N1CN1CCOCC1. The Morgan fingerprint density at radius 1 is 1.18 bits per heavy atom. The fraction of sp³-hybridized carbons (Fsp3) is 0.333. The molecule has 1 aromatic carbocycles. The average molecular weight is 322 g/mol. The molecule has 0 unspecified atom stereocenters. The van der Waals surface area contributed by atoms with E-state index in [1.807, 2.05) is 4.90 Å². The van der Waals surface area contributed by atoms with Crippen LogP contribution in [0.3, 0.4) is 0 Å². The molecule has 7 heteroatoms. The lowest BCUT2D eigenvalue weighted by atomic mass is 10.2. The molecule has 1 aromatic rings. The van der Waals surface area contributed by atoms with Crippen LogP contribution in [-0.2, 0) is 9.53 Å². The number of nitrogens with zero attached hydrogens (tertiary/aromatic N) is 2. The fourth-order valence-corrected chi connectivity index (χ4v) is 3.11. The number of morpholine rings is 1. The van der Waals surface area contributed by atoms with Crippen molar-refractivity contribution in [3.63, 3.8) is 0 Å². The number of rotatable bonds is 3. The second-order valence-corrected chi connectivity index (χ2v) is 6.03. The lowest BCUT2D eigenvalue weighted by Gasteiger charge is -2.29. The highest BCUT2D eigenvalue weighted by atomic mass is 32.2. The Balaban J connectivity index is 1.71. The van der Waals surface area contributed by atoms with Gasteiger partial charge in [-0.2, -0.15) is 0 Å². The van der Waals surface area contributed by atoms with E-state index in [1.165, 1.54) is 17.0 Å². The molecule has 2 aliphatic rings. The first-order valence-corrected chi connectivity index (χ1v) is 7.76. The maximum atomic E-state index is 12.9. The number of amides is 2. The molecule has 3 rings (SSSR count). The summed E-state index contributed by atoms with van der Waals surface area (Å²) < 4.78 is 18.1. The molecule has 22 heavy (non-hydrogen) atoms. The summed E-state index contributed by atoms with van der Waals surface area (Å²) in [5.74, 6) is -0.636. The summed E-state index contributed by atoms with van der Waals surface area (Å²) in [7, 11) is 0. The Kier molecular flexibility index (Phi) is 4.56. The zero-order valence-electron chi connectivity index (χ0n) is 11.8. The summed E-state index contributed by atoms with van der Waals surface area (Å²) in [4.78, 5) is 28.0. The van der Waals surface area contributed by atoms with Crippen LogP contribution < -0.4 is 0 Å². The average Bonchev–Trinajstić information content (AvgIpc) is 2.78. The highest BCUT2D eigenvalue weighted by Crippen LogP contribution is 2.32. The van der Waals surface area contributed by atoms with Crippen molar-refractivity contribution in [1.29, 1.82) is 0 Å². The van der Waals surface area contributed by atoms with Crippen LogP contribution in [0.4, 0.5) is 9.18 Å². The Morgan fingerprint density at radius 2 is 1.86 bits per heavy atom. The number of benzene rings is 1. The van der Waals surface area contributed by atoms with Gasteiger partial charge in [0.25, 0.3) is 11.1 Å². The largest absolute Gasteiger partial charge is 0.379 e. The lowest BCUT2D eigenvalue weighted by molar-refractivity contribution is -0.125. The summed E-state index contributed by atoms with van der Waals surface area (Å²) >= 11 is 0.916. The van der Waals surface area contributed by atoms with Crippen molar-refractivity contribution in [3.05, 3.63) is 40.6 Å². The van der Waals surface area contributed by atoms with Gasteiger partial charge >= 0.3 is 0 Å². The van der Waals surface area contributed by atoms with Crippen molar-refractivity contribution in [3.8, 4) is 0 Å². The first-order chi connectivity index (χ1) is 10.6. The van der Waals surface area contributed by atoms with E-state index in [0.717, 1.165) is 11.8 Å². The van der Waals surface area contributed by atoms with Crippen molar-refractivity contribution in [2.24, 2.45) is 0 Å². The molecule has 0 aromatic heterocycles. The number of hydrogen-bond donors (Lipinski definition) is 0. The standard InChI is InChI=1S/C15H15FN2O3S/c16-12-3-1-11(2-4-12)9-13-14(19)18(15(20)22-13)10-17-5-7-21-8-6-17/h1-4,9H,5-8,10H2/b13-9+. The molecule has 0 bridgehead atoms. The van der Waals surface area contributed by atoms with Crippen molar-refractivity contribution in [2.45, 2.75) is 0 Å². The quantitative estimate of drug-likeness (QED) is 0.798. The topological polar surface area (TPSA) is 49.9 Å². The minimum absolute atomic E-state index is 0.273. The monoisotopic (exact) mass is 322 g/mol. The number of imide groups is 1. The van der Waals surface area contributed by atoms with Crippen LogP contribution in [-0.4, -0.2) is 53.9 Å². The number of thioether (sulfide) groups is 1. The highest BCUT2D eigenvalue weighted by molar-refractivity contribution is 8.18. The molecule has 0 spiro atoms. The molecule has 0 N–H and O–H groups in total. The van der Waals surface area contributed by atoms with Crippen LogP contribution in [0.5, 0.6) is 0 Å². The van der Waals surface area contributed by atoms with Gasteiger partial charge in [-0.05, 0) is 35.5 Å². The van der Waals surface area contributed by atoms with Gasteiger partial charge in [-0.3, -0.25) is 19.4 Å². The Bertz CT molecular complexity index is 612. The second-order valence-electron chi connectivity index (χ2n) is 5.03. The lowest BCUT2D eigenvalue weighted by Crippen LogP contribution is -2.45. The van der Waals surface area contributed by atoms with Gasteiger partial charge in [-0.25, -0.2) is 4.39 Å². The normalized spacial score (nSPS) is 21.9. The zero-order chi connectivity index (χ0) is 15.5. The summed E-state index contributed by atoms with van der Waals surface area (Å²) in [5.41, 5.74) is 0.693. The molecule has 0 radical (unpaired) electrons. The Labute approximate surface area is 131 Å². The third-order valence-corrected chi connectivity index (χ3v) is 4.39. The number of carbonyl (C=O) groups excluding carboxylic acids is 2. The van der Waals surface area contributed by atoms with E-state index < -0.39 is 0 Å². The van der Waals surface area contributed by atoms with Crippen LogP contribution in [0.25, 0.3) is 6.08 Å². The molecule has 5 nitrogen and oxygen atoms in total. The first kappa shape index (κ1) is 15.2. The van der Waals surface area contributed by atoms with Crippen LogP contribution in [0.15, 0.2) is 29.2 Å². The van der Waals surface area contributed by atoms with Gasteiger partial charge in [0.1, 0.15) is 5.82 Å². The van der Waals surface area contributed by atoms with E-state index in [-0.39, 0.29) is 23.6 Å². The molecule has 2 fully saturated rings. The molecule has 116 valence electrons. The number of ether oxygens (including phenoxy) is 1. The Morgan fingerprint density at radius 3 is 2.55 bits per heavy atom. The second kappa shape index (κ2) is 6.60. The van der Waals surface area contributed by atoms with Gasteiger partial charge in [-0.15, -0.1) is 0 Å². The maximum absolute atomic E-state index is 12.9. The molecule has 2 saturated heterocycles. The third-order valence-electron chi connectivity index (χ3n) is 3.49. The molecule has 2 heterocycles. The summed E-state index contributed by atoms with van der Waals surface area (Å²) in [6, 6.07) is 5.80. The molecule has 0 aliphatic carbocycles. The molecule has 2 aliphatic heterocycles. The van der Waals surface area contributed by atoms with Crippen molar-refractivity contribution < 1.29 is 18.7 Å². The maximum Gasteiger partial charge on any atom is 0.294 e. The van der Waals surface area contributed by atoms with Crippen LogP contribution in [0.2, 0.25) is 0 Å². The smallest absolute Gasteiger partial charge is 0.294 e. The highest BCUT2D eigenvalue weighted by Gasteiger charge is 2.36. The minimum atomic E-state index is -0.336. The van der Waals surface area contributed by atoms with Gasteiger partial charge < -0.3 is 4.74 Å². The van der Waals surface area contributed by atoms with Crippen molar-refractivity contribution in [2.75, 3.05) is 33.0 Å². The third kappa shape index (κ3) is 3.37. The number of carbonyl (C=O) groups is 2. The molecule has 0 saturated carbocycles. The van der Waals surface area contributed by atoms with E-state index in [1.54, 1.807) is 18.2 Å². The summed E-state index contributed by atoms with van der Waals surface area (Å²) in [6.07, 6.45) is 1.61. The molecular weight excluding hydrogens is 307 g/mol. The first-order valence-electron chi connectivity index (χ1n) is 6.94. The van der Waals surface area contributed by atoms with Crippen LogP contribution >= 0.6 is 11.8 Å². The number of halogens is 1.